The molecule has 13 heteroatoms. The fourth-order valence-corrected chi connectivity index (χ4v) is 2.91. The van der Waals surface area contributed by atoms with Gasteiger partial charge in [0.15, 0.2) is 0 Å². The molecule has 30 heavy (non-hydrogen) atoms. The number of hydrogen-bond acceptors (Lipinski definition) is 8. The van der Waals surface area contributed by atoms with Crippen LogP contribution in [-0.4, -0.2) is 83.1 Å². The number of hydrogen-bond donors (Lipinski definition) is 7. The van der Waals surface area contributed by atoms with Gasteiger partial charge >= 0.3 is 11.9 Å². The van der Waals surface area contributed by atoms with Gasteiger partial charge < -0.3 is 37.6 Å². The summed E-state index contributed by atoms with van der Waals surface area (Å²) >= 11 is 1.39. The normalized spacial score (nSPS) is 13.6. The Labute approximate surface area is 178 Å². The van der Waals surface area contributed by atoms with Crippen LogP contribution in [-0.2, 0) is 24.0 Å². The molecule has 3 unspecified atom stereocenters. The van der Waals surface area contributed by atoms with E-state index in [0.717, 1.165) is 0 Å². The average molecular weight is 450 g/mol. The first-order valence-corrected chi connectivity index (χ1v) is 10.8. The molecule has 0 fully saturated rings. The van der Waals surface area contributed by atoms with Crippen molar-refractivity contribution < 1.29 is 34.2 Å². The van der Waals surface area contributed by atoms with Crippen molar-refractivity contribution in [1.29, 1.82) is 0 Å². The summed E-state index contributed by atoms with van der Waals surface area (Å²) < 4.78 is 0. The summed E-state index contributed by atoms with van der Waals surface area (Å²) in [5.74, 6) is -4.48. The smallest absolute Gasteiger partial charge is 0.326 e. The number of carboxylic acid groups (broad SMARTS) is 2. The Hall–Kier alpha value is -2.38. The largest absolute Gasteiger partial charge is 0.481 e. The Morgan fingerprint density at radius 3 is 1.97 bits per heavy atom. The quantitative estimate of drug-likeness (QED) is 0.127. The van der Waals surface area contributed by atoms with Crippen molar-refractivity contribution in [3.8, 4) is 0 Å². The lowest BCUT2D eigenvalue weighted by molar-refractivity contribution is -0.143. The molecule has 172 valence electrons. The van der Waals surface area contributed by atoms with Crippen LogP contribution < -0.4 is 27.4 Å². The van der Waals surface area contributed by atoms with E-state index in [2.05, 4.69) is 16.0 Å². The van der Waals surface area contributed by atoms with E-state index >= 15 is 0 Å². The van der Waals surface area contributed by atoms with Crippen molar-refractivity contribution in [2.75, 3.05) is 25.1 Å². The maximum atomic E-state index is 12.6. The number of carbonyl (C=O) groups excluding carboxylic acids is 3. The Bertz CT molecular complexity index is 605. The first-order valence-electron chi connectivity index (χ1n) is 9.40. The molecular weight excluding hydrogens is 418 g/mol. The van der Waals surface area contributed by atoms with Gasteiger partial charge in [-0.25, -0.2) is 4.79 Å². The van der Waals surface area contributed by atoms with Gasteiger partial charge in [-0.3, -0.25) is 19.2 Å². The Morgan fingerprint density at radius 2 is 1.47 bits per heavy atom. The topological polar surface area (TPSA) is 214 Å². The molecule has 0 heterocycles. The Kier molecular flexibility index (Phi) is 14.2. The van der Waals surface area contributed by atoms with Crippen LogP contribution >= 0.6 is 11.8 Å². The van der Waals surface area contributed by atoms with E-state index in [1.807, 2.05) is 0 Å². The summed E-state index contributed by atoms with van der Waals surface area (Å²) in [6.07, 6.45) is 2.45. The molecule has 12 nitrogen and oxygen atoms in total. The molecule has 0 rings (SSSR count). The molecule has 0 aliphatic heterocycles. The molecule has 9 N–H and O–H groups in total. The second kappa shape index (κ2) is 15.5. The number of nitrogens with one attached hydrogen (secondary N) is 3. The molecule has 0 bridgehead atoms. The molecule has 0 aromatic heterocycles. The number of aliphatic carboxylic acids is 2. The summed E-state index contributed by atoms with van der Waals surface area (Å²) in [5, 5.41) is 25.3. The van der Waals surface area contributed by atoms with Crippen molar-refractivity contribution in [2.24, 2.45) is 11.5 Å². The first-order chi connectivity index (χ1) is 14.2. The van der Waals surface area contributed by atoms with Crippen LogP contribution in [0.1, 0.15) is 32.1 Å². The summed E-state index contributed by atoms with van der Waals surface area (Å²) in [6.45, 7) is 0.0330. The maximum Gasteiger partial charge on any atom is 0.326 e. The number of carbonyl (C=O) groups is 5. The number of rotatable bonds is 16. The van der Waals surface area contributed by atoms with E-state index in [-0.39, 0.29) is 19.4 Å². The van der Waals surface area contributed by atoms with E-state index in [9.17, 15) is 29.1 Å². The molecule has 0 aliphatic carbocycles. The van der Waals surface area contributed by atoms with Crippen LogP contribution in [0.3, 0.4) is 0 Å². The van der Waals surface area contributed by atoms with Gasteiger partial charge in [0.1, 0.15) is 18.1 Å². The van der Waals surface area contributed by atoms with Crippen LogP contribution in [0.5, 0.6) is 0 Å². The summed E-state index contributed by atoms with van der Waals surface area (Å²) in [5.41, 5.74) is 10.7. The summed E-state index contributed by atoms with van der Waals surface area (Å²) in [6, 6.07) is -3.78. The van der Waals surface area contributed by atoms with E-state index in [0.29, 0.717) is 25.1 Å². The molecule has 0 spiro atoms. The predicted octanol–water partition coefficient (Wildman–Crippen LogP) is -2.16. The van der Waals surface area contributed by atoms with E-state index in [1.165, 1.54) is 11.8 Å². The molecule has 0 aromatic carbocycles. The fraction of sp³-hybridized carbons (Fsp3) is 0.706. The number of unbranched alkanes of at least 4 members (excludes halogenated alkanes) is 1. The average Bonchev–Trinajstić information content (AvgIpc) is 2.68. The number of nitrogens with two attached hydrogens (primary N) is 2. The number of thioether (sulfide) groups is 1. The van der Waals surface area contributed by atoms with Gasteiger partial charge in [-0.15, -0.1) is 0 Å². The third kappa shape index (κ3) is 11.6. The second-order valence-corrected chi connectivity index (χ2v) is 7.43. The summed E-state index contributed by atoms with van der Waals surface area (Å²) in [4.78, 5) is 59.1. The van der Waals surface area contributed by atoms with Crippen molar-refractivity contribution in [3.63, 3.8) is 0 Å². The minimum absolute atomic E-state index is 0.129. The molecule has 0 saturated carbocycles. The summed E-state index contributed by atoms with van der Waals surface area (Å²) in [7, 11) is 0. The minimum Gasteiger partial charge on any atom is -0.481 e. The van der Waals surface area contributed by atoms with Gasteiger partial charge in [0.2, 0.25) is 17.7 Å². The van der Waals surface area contributed by atoms with Gasteiger partial charge in [-0.1, -0.05) is 0 Å². The lowest BCUT2D eigenvalue weighted by Crippen LogP contribution is -2.56. The fourth-order valence-electron chi connectivity index (χ4n) is 2.44. The van der Waals surface area contributed by atoms with Crippen molar-refractivity contribution >= 4 is 41.4 Å². The van der Waals surface area contributed by atoms with Crippen molar-refractivity contribution in [3.05, 3.63) is 0 Å². The van der Waals surface area contributed by atoms with E-state index in [4.69, 9.17) is 16.6 Å². The zero-order valence-electron chi connectivity index (χ0n) is 16.9. The molecule has 0 aromatic rings. The van der Waals surface area contributed by atoms with Crippen LogP contribution in [0.4, 0.5) is 0 Å². The van der Waals surface area contributed by atoms with Crippen LogP contribution in [0, 0.1) is 0 Å². The first kappa shape index (κ1) is 27.6. The number of amides is 3. The number of carboxylic acids is 2. The van der Waals surface area contributed by atoms with Gasteiger partial charge in [-0.2, -0.15) is 11.8 Å². The highest BCUT2D eigenvalue weighted by Crippen LogP contribution is 2.05. The third-order valence-electron chi connectivity index (χ3n) is 4.02. The van der Waals surface area contributed by atoms with Crippen LogP contribution in [0.2, 0.25) is 0 Å². The lowest BCUT2D eigenvalue weighted by Gasteiger charge is -2.23. The lowest BCUT2D eigenvalue weighted by atomic mass is 10.1. The van der Waals surface area contributed by atoms with E-state index in [1.54, 1.807) is 6.26 Å². The zero-order chi connectivity index (χ0) is 23.1. The van der Waals surface area contributed by atoms with Crippen molar-refractivity contribution in [2.45, 2.75) is 50.2 Å². The van der Waals surface area contributed by atoms with Gasteiger partial charge in [0.05, 0.1) is 13.0 Å². The maximum absolute atomic E-state index is 12.6. The highest BCUT2D eigenvalue weighted by Gasteiger charge is 2.30. The van der Waals surface area contributed by atoms with E-state index < -0.39 is 54.2 Å². The molecule has 0 saturated heterocycles. The zero-order valence-corrected chi connectivity index (χ0v) is 17.7. The predicted molar refractivity (Wildman–Crippen MR) is 111 cm³/mol. The highest BCUT2D eigenvalue weighted by atomic mass is 32.2. The SMILES string of the molecule is CSCCC(NC(=O)C(CC(=O)O)NC(=O)C(CCCCN)NC(=O)CN)C(=O)O. The van der Waals surface area contributed by atoms with Gasteiger partial charge in [-0.05, 0) is 44.2 Å². The minimum atomic E-state index is -1.52. The van der Waals surface area contributed by atoms with Crippen LogP contribution in [0.25, 0.3) is 0 Å². The third-order valence-corrected chi connectivity index (χ3v) is 4.66. The second-order valence-electron chi connectivity index (χ2n) is 6.45. The van der Waals surface area contributed by atoms with Crippen LogP contribution in [0.15, 0.2) is 0 Å². The highest BCUT2D eigenvalue weighted by molar-refractivity contribution is 7.98. The van der Waals surface area contributed by atoms with Gasteiger partial charge in [0.25, 0.3) is 0 Å². The molecule has 3 atom stereocenters. The Balaban J connectivity index is 5.29. The Morgan fingerprint density at radius 1 is 0.867 bits per heavy atom. The standard InChI is InChI=1S/C17H31N5O7S/c1-30-7-5-11(17(28)29)21-16(27)12(8-14(24)25)22-15(26)10(4-2-3-6-18)20-13(23)9-19/h10-12H,2-9,18-19H2,1H3,(H,20,23)(H,21,27)(H,22,26)(H,24,25)(H,28,29). The molecule has 0 radical (unpaired) electrons. The molecule has 0 aliphatic rings. The molecule has 3 amide bonds. The monoisotopic (exact) mass is 449 g/mol. The van der Waals surface area contributed by atoms with Crippen molar-refractivity contribution in [1.82, 2.24) is 16.0 Å². The molecular formula is C17H31N5O7S. The van der Waals surface area contributed by atoms with Gasteiger partial charge in [0, 0.05) is 0 Å².